The van der Waals surface area contributed by atoms with Gasteiger partial charge in [-0.25, -0.2) is 13.4 Å². The van der Waals surface area contributed by atoms with E-state index < -0.39 is 9.84 Å². The molecule has 26 heavy (non-hydrogen) atoms. The largest absolute Gasteiger partial charge is 0.495 e. The number of rotatable bonds is 5. The average Bonchev–Trinajstić information content (AvgIpc) is 3.03. The van der Waals surface area contributed by atoms with E-state index >= 15 is 0 Å². The van der Waals surface area contributed by atoms with E-state index in [1.165, 1.54) is 35.6 Å². The van der Waals surface area contributed by atoms with E-state index in [-0.39, 0.29) is 10.8 Å². The maximum absolute atomic E-state index is 12.4. The Hall–Kier alpha value is -2.65. The monoisotopic (exact) mass is 392 g/mol. The predicted octanol–water partition coefficient (Wildman–Crippen LogP) is 2.97. The molecule has 0 radical (unpaired) electrons. The molecule has 0 fully saturated rings. The van der Waals surface area contributed by atoms with Crippen LogP contribution in [0.25, 0.3) is 10.2 Å². The lowest BCUT2D eigenvalue weighted by Gasteiger charge is -2.03. The molecule has 0 aliphatic heterocycles. The zero-order chi connectivity index (χ0) is 18.9. The van der Waals surface area contributed by atoms with E-state index in [4.69, 9.17) is 9.47 Å². The molecule has 2 aromatic carbocycles. The maximum atomic E-state index is 12.4. The molecular weight excluding hydrogens is 376 g/mol. The van der Waals surface area contributed by atoms with Crippen LogP contribution in [0.15, 0.2) is 41.3 Å². The first-order chi connectivity index (χ1) is 12.3. The number of fused-ring (bicyclic) bond motifs is 1. The van der Waals surface area contributed by atoms with Gasteiger partial charge in [0.2, 0.25) is 0 Å². The summed E-state index contributed by atoms with van der Waals surface area (Å²) in [5.74, 6) is 0.827. The average molecular weight is 392 g/mol. The van der Waals surface area contributed by atoms with E-state index in [0.717, 1.165) is 11.0 Å². The van der Waals surface area contributed by atoms with Crippen molar-refractivity contribution in [3.05, 3.63) is 42.0 Å². The second kappa shape index (κ2) is 6.93. The van der Waals surface area contributed by atoms with Crippen LogP contribution in [-0.2, 0) is 9.84 Å². The number of carbonyl (C=O) groups is 1. The van der Waals surface area contributed by atoms with Gasteiger partial charge in [0.15, 0.2) is 15.0 Å². The number of hydrogen-bond acceptors (Lipinski definition) is 7. The van der Waals surface area contributed by atoms with Crippen molar-refractivity contribution < 1.29 is 22.7 Å². The van der Waals surface area contributed by atoms with Crippen LogP contribution in [0.4, 0.5) is 5.13 Å². The highest BCUT2D eigenvalue weighted by atomic mass is 32.2. The molecule has 0 aliphatic carbocycles. The molecule has 0 atom stereocenters. The highest BCUT2D eigenvalue weighted by Gasteiger charge is 2.16. The fourth-order valence-corrected chi connectivity index (χ4v) is 3.96. The molecular formula is C17H16N2O5S2. The van der Waals surface area contributed by atoms with Gasteiger partial charge in [0.25, 0.3) is 5.91 Å². The van der Waals surface area contributed by atoms with Crippen LogP contribution in [-0.4, -0.2) is 39.8 Å². The minimum absolute atomic E-state index is 0.156. The molecule has 7 nitrogen and oxygen atoms in total. The highest BCUT2D eigenvalue weighted by Crippen LogP contribution is 2.38. The molecule has 136 valence electrons. The topological polar surface area (TPSA) is 94.6 Å². The van der Waals surface area contributed by atoms with Crippen LogP contribution in [0.1, 0.15) is 10.4 Å². The van der Waals surface area contributed by atoms with Crippen LogP contribution < -0.4 is 14.8 Å². The van der Waals surface area contributed by atoms with Crippen molar-refractivity contribution in [3.63, 3.8) is 0 Å². The van der Waals surface area contributed by atoms with Gasteiger partial charge in [-0.3, -0.25) is 10.1 Å². The van der Waals surface area contributed by atoms with Crippen molar-refractivity contribution in [1.82, 2.24) is 4.98 Å². The van der Waals surface area contributed by atoms with Crippen molar-refractivity contribution in [2.24, 2.45) is 0 Å². The van der Waals surface area contributed by atoms with Crippen molar-refractivity contribution >= 4 is 42.4 Å². The smallest absolute Gasteiger partial charge is 0.257 e. The van der Waals surface area contributed by atoms with Crippen LogP contribution in [0, 0.1) is 0 Å². The summed E-state index contributed by atoms with van der Waals surface area (Å²) in [4.78, 5) is 17.0. The molecule has 0 unspecified atom stereocenters. The molecule has 1 N–H and O–H groups in total. The van der Waals surface area contributed by atoms with Gasteiger partial charge in [-0.05, 0) is 36.4 Å². The van der Waals surface area contributed by atoms with Crippen LogP contribution in [0.2, 0.25) is 0 Å². The van der Waals surface area contributed by atoms with E-state index in [1.54, 1.807) is 26.4 Å². The fourth-order valence-electron chi connectivity index (χ4n) is 2.36. The Labute approximate surface area is 154 Å². The number of thiazole rings is 1. The minimum atomic E-state index is -3.31. The molecule has 1 aromatic heterocycles. The lowest BCUT2D eigenvalue weighted by atomic mass is 10.2. The minimum Gasteiger partial charge on any atom is -0.495 e. The molecule has 3 rings (SSSR count). The number of aromatic nitrogens is 1. The van der Waals surface area contributed by atoms with Crippen LogP contribution in [0.5, 0.6) is 11.5 Å². The lowest BCUT2D eigenvalue weighted by molar-refractivity contribution is 0.102. The Morgan fingerprint density at radius 2 is 1.65 bits per heavy atom. The summed E-state index contributed by atoms with van der Waals surface area (Å²) in [6.45, 7) is 0. The van der Waals surface area contributed by atoms with Gasteiger partial charge in [-0.1, -0.05) is 11.3 Å². The zero-order valence-electron chi connectivity index (χ0n) is 14.3. The molecule has 0 saturated carbocycles. The van der Waals surface area contributed by atoms with Gasteiger partial charge in [0, 0.05) is 11.8 Å². The first-order valence-corrected chi connectivity index (χ1v) is 10.2. The number of hydrogen-bond donors (Lipinski definition) is 1. The third-order valence-corrected chi connectivity index (χ3v) is 5.79. The SMILES string of the molecule is COc1ccc(OC)c2sc(NC(=O)c3ccc(S(C)(=O)=O)cc3)nc12. The van der Waals surface area contributed by atoms with Gasteiger partial charge < -0.3 is 9.47 Å². The predicted molar refractivity (Wildman–Crippen MR) is 100 cm³/mol. The number of nitrogens with zero attached hydrogens (tertiary/aromatic N) is 1. The van der Waals surface area contributed by atoms with E-state index in [1.807, 2.05) is 0 Å². The van der Waals surface area contributed by atoms with Crippen molar-refractivity contribution in [2.45, 2.75) is 4.90 Å². The van der Waals surface area contributed by atoms with E-state index in [0.29, 0.717) is 27.7 Å². The second-order valence-corrected chi connectivity index (χ2v) is 8.43. The fraction of sp³-hybridized carbons (Fsp3) is 0.176. The van der Waals surface area contributed by atoms with Gasteiger partial charge >= 0.3 is 0 Å². The first kappa shape index (κ1) is 18.2. The molecule has 9 heteroatoms. The van der Waals surface area contributed by atoms with Crippen LogP contribution in [0.3, 0.4) is 0 Å². The van der Waals surface area contributed by atoms with Crippen LogP contribution >= 0.6 is 11.3 Å². The number of amides is 1. The van der Waals surface area contributed by atoms with Gasteiger partial charge in [0.05, 0.1) is 19.1 Å². The Bertz CT molecular complexity index is 1030. The van der Waals surface area contributed by atoms with Crippen molar-refractivity contribution in [3.8, 4) is 11.5 Å². The second-order valence-electron chi connectivity index (χ2n) is 5.42. The summed E-state index contributed by atoms with van der Waals surface area (Å²) in [5, 5.41) is 3.11. The number of methoxy groups -OCH3 is 2. The third-order valence-electron chi connectivity index (χ3n) is 3.68. The lowest BCUT2D eigenvalue weighted by Crippen LogP contribution is -2.11. The van der Waals surface area contributed by atoms with E-state index in [2.05, 4.69) is 10.3 Å². The Balaban J connectivity index is 1.90. The van der Waals surface area contributed by atoms with Crippen molar-refractivity contribution in [2.75, 3.05) is 25.8 Å². The van der Waals surface area contributed by atoms with Gasteiger partial charge in [0.1, 0.15) is 21.7 Å². The quantitative estimate of drug-likeness (QED) is 0.717. The third kappa shape index (κ3) is 3.49. The maximum Gasteiger partial charge on any atom is 0.257 e. The summed E-state index contributed by atoms with van der Waals surface area (Å²) < 4.78 is 34.4. The number of anilines is 1. The van der Waals surface area contributed by atoms with E-state index in [9.17, 15) is 13.2 Å². The Kier molecular flexibility index (Phi) is 4.84. The molecule has 0 bridgehead atoms. The standard InChI is InChI=1S/C17H16N2O5S2/c1-23-12-8-9-13(24-2)15-14(12)18-17(25-15)19-16(20)10-4-6-11(7-5-10)26(3,21)22/h4-9H,1-3H3,(H,18,19,20). The Morgan fingerprint density at radius 1 is 1.04 bits per heavy atom. The molecule has 0 aliphatic rings. The molecule has 0 spiro atoms. The summed E-state index contributed by atoms with van der Waals surface area (Å²) in [5.41, 5.74) is 0.926. The highest BCUT2D eigenvalue weighted by molar-refractivity contribution is 7.90. The molecule has 1 amide bonds. The summed E-state index contributed by atoms with van der Waals surface area (Å²) in [6, 6.07) is 9.23. The number of nitrogens with one attached hydrogen (secondary N) is 1. The summed E-state index contributed by atoms with van der Waals surface area (Å²) >= 11 is 1.26. The molecule has 0 saturated heterocycles. The number of sulfone groups is 1. The molecule has 1 heterocycles. The Morgan fingerprint density at radius 3 is 2.23 bits per heavy atom. The molecule has 3 aromatic rings. The van der Waals surface area contributed by atoms with Gasteiger partial charge in [-0.2, -0.15) is 0 Å². The normalized spacial score (nSPS) is 11.3. The first-order valence-electron chi connectivity index (χ1n) is 7.46. The summed E-state index contributed by atoms with van der Waals surface area (Å²) in [6.07, 6.45) is 1.12. The number of carbonyl (C=O) groups excluding carboxylic acids is 1. The summed E-state index contributed by atoms with van der Waals surface area (Å²) in [7, 11) is -0.205. The van der Waals surface area contributed by atoms with Crippen molar-refractivity contribution in [1.29, 1.82) is 0 Å². The number of benzene rings is 2. The number of ether oxygens (including phenoxy) is 2. The zero-order valence-corrected chi connectivity index (χ0v) is 15.9. The van der Waals surface area contributed by atoms with Gasteiger partial charge in [-0.15, -0.1) is 0 Å².